The molecule has 3 aromatic rings. The number of nitrogens with zero attached hydrogens (tertiary/aromatic N) is 4. The Balaban J connectivity index is 1.32. The van der Waals surface area contributed by atoms with Gasteiger partial charge < -0.3 is 10.2 Å². The number of hydrogen-bond acceptors (Lipinski definition) is 4. The van der Waals surface area contributed by atoms with E-state index in [1.807, 2.05) is 66.9 Å². The minimum atomic E-state index is -0.0253. The average Bonchev–Trinajstić information content (AvgIpc) is 3.36. The van der Waals surface area contributed by atoms with Gasteiger partial charge in [0.2, 0.25) is 5.91 Å². The first kappa shape index (κ1) is 21.8. The van der Waals surface area contributed by atoms with Crippen LogP contribution in [0.2, 0.25) is 0 Å². The summed E-state index contributed by atoms with van der Waals surface area (Å²) in [6.07, 6.45) is 3.95. The average molecular weight is 435 g/mol. The zero-order valence-electron chi connectivity index (χ0n) is 18.9. The summed E-state index contributed by atoms with van der Waals surface area (Å²) in [4.78, 5) is 27.4. The maximum Gasteiger partial charge on any atom is 0.272 e. The van der Waals surface area contributed by atoms with E-state index in [2.05, 4.69) is 20.6 Å². The highest BCUT2D eigenvalue weighted by Crippen LogP contribution is 2.26. The number of aromatic nitrogens is 4. The molecular weight excluding hydrogens is 404 g/mol. The monoisotopic (exact) mass is 434 g/mol. The van der Waals surface area contributed by atoms with E-state index >= 15 is 0 Å². The molecule has 2 N–H and O–H groups in total. The van der Waals surface area contributed by atoms with Crippen LogP contribution in [0, 0.1) is 19.8 Å². The Bertz CT molecular complexity index is 1090. The lowest BCUT2D eigenvalue weighted by atomic mass is 9.93. The van der Waals surface area contributed by atoms with E-state index in [1.165, 1.54) is 0 Å². The van der Waals surface area contributed by atoms with Crippen LogP contribution in [-0.4, -0.2) is 49.8 Å². The number of carbonyl (C=O) groups is 2. The molecule has 168 valence electrons. The number of aromatic amines is 1. The van der Waals surface area contributed by atoms with Crippen LogP contribution in [0.4, 0.5) is 5.69 Å². The van der Waals surface area contributed by atoms with E-state index in [4.69, 9.17) is 0 Å². The predicted molar refractivity (Wildman–Crippen MR) is 123 cm³/mol. The van der Waals surface area contributed by atoms with Crippen molar-refractivity contribution in [3.63, 3.8) is 0 Å². The van der Waals surface area contributed by atoms with Crippen molar-refractivity contribution in [2.45, 2.75) is 46.6 Å². The Morgan fingerprint density at radius 2 is 1.88 bits per heavy atom. The molecule has 8 heteroatoms. The molecule has 0 saturated carbocycles. The first-order valence-electron chi connectivity index (χ1n) is 11.2. The number of aryl methyl sites for hydroxylation is 2. The minimum Gasteiger partial charge on any atom is -0.337 e. The topological polar surface area (TPSA) is 95.9 Å². The van der Waals surface area contributed by atoms with Gasteiger partial charge in [0.05, 0.1) is 17.1 Å². The number of amides is 2. The molecule has 1 saturated heterocycles. The fourth-order valence-corrected chi connectivity index (χ4v) is 4.25. The largest absolute Gasteiger partial charge is 0.337 e. The number of hydrogen-bond donors (Lipinski definition) is 2. The van der Waals surface area contributed by atoms with Crippen LogP contribution in [0.1, 0.15) is 47.9 Å². The van der Waals surface area contributed by atoms with Crippen molar-refractivity contribution < 1.29 is 9.59 Å². The molecule has 4 rings (SSSR count). The van der Waals surface area contributed by atoms with Crippen LogP contribution in [0.5, 0.6) is 0 Å². The Hall–Kier alpha value is -3.42. The molecule has 8 nitrogen and oxygen atoms in total. The molecular formula is C24H30N6O2. The summed E-state index contributed by atoms with van der Waals surface area (Å²) in [5.41, 5.74) is 4.81. The highest BCUT2D eigenvalue weighted by molar-refractivity contribution is 5.95. The zero-order chi connectivity index (χ0) is 22.7. The van der Waals surface area contributed by atoms with Gasteiger partial charge in [0.15, 0.2) is 0 Å². The van der Waals surface area contributed by atoms with E-state index in [9.17, 15) is 9.59 Å². The first-order valence-corrected chi connectivity index (χ1v) is 11.2. The molecule has 0 atom stereocenters. The number of likely N-dealkylation sites (tertiary alicyclic amines) is 1. The van der Waals surface area contributed by atoms with E-state index in [1.54, 1.807) is 0 Å². The number of carbonyl (C=O) groups excluding carboxylic acids is 2. The summed E-state index contributed by atoms with van der Waals surface area (Å²) in [5.74, 6) is 0.247. The maximum atomic E-state index is 13.1. The Morgan fingerprint density at radius 3 is 2.53 bits per heavy atom. The van der Waals surface area contributed by atoms with Crippen LogP contribution < -0.4 is 5.32 Å². The molecule has 2 amide bonds. The van der Waals surface area contributed by atoms with Crippen LogP contribution in [0.3, 0.4) is 0 Å². The number of benzene rings is 1. The van der Waals surface area contributed by atoms with Gasteiger partial charge in [-0.15, -0.1) is 0 Å². The summed E-state index contributed by atoms with van der Waals surface area (Å²) in [6, 6.07) is 9.86. The molecule has 1 aliphatic rings. The number of H-pyrrole nitrogens is 1. The van der Waals surface area contributed by atoms with Crippen molar-refractivity contribution in [2.75, 3.05) is 18.4 Å². The summed E-state index contributed by atoms with van der Waals surface area (Å²) in [5, 5.41) is 14.7. The number of anilines is 1. The molecule has 0 radical (unpaired) electrons. The van der Waals surface area contributed by atoms with Crippen LogP contribution in [0.25, 0.3) is 11.3 Å². The van der Waals surface area contributed by atoms with E-state index in [0.717, 1.165) is 47.6 Å². The van der Waals surface area contributed by atoms with Gasteiger partial charge in [-0.3, -0.25) is 19.4 Å². The van der Waals surface area contributed by atoms with Crippen LogP contribution in [0.15, 0.2) is 36.5 Å². The van der Waals surface area contributed by atoms with Gasteiger partial charge in [-0.2, -0.15) is 10.2 Å². The number of rotatable bonds is 6. The summed E-state index contributed by atoms with van der Waals surface area (Å²) < 4.78 is 1.82. The normalized spacial score (nSPS) is 14.5. The summed E-state index contributed by atoms with van der Waals surface area (Å²) in [6.45, 7) is 7.89. The molecule has 1 aromatic carbocycles. The third kappa shape index (κ3) is 4.59. The number of piperidine rings is 1. The Kier molecular flexibility index (Phi) is 6.39. The van der Waals surface area contributed by atoms with Gasteiger partial charge in [-0.05, 0) is 39.5 Å². The van der Waals surface area contributed by atoms with Crippen molar-refractivity contribution in [1.29, 1.82) is 0 Å². The zero-order valence-corrected chi connectivity index (χ0v) is 18.9. The highest BCUT2D eigenvalue weighted by atomic mass is 16.2. The predicted octanol–water partition coefficient (Wildman–Crippen LogP) is 3.79. The minimum absolute atomic E-state index is 0.00504. The Morgan fingerprint density at radius 1 is 1.16 bits per heavy atom. The SMILES string of the molecule is CCn1cc(NC(=O)CC2CCN(C(=O)c3[nH]nc(-c4ccccc4)c3C)CC2)c(C)n1. The fourth-order valence-electron chi connectivity index (χ4n) is 4.25. The smallest absolute Gasteiger partial charge is 0.272 e. The molecule has 32 heavy (non-hydrogen) atoms. The second-order valence-corrected chi connectivity index (χ2v) is 8.41. The third-order valence-electron chi connectivity index (χ3n) is 6.19. The van der Waals surface area contributed by atoms with Crippen LogP contribution in [-0.2, 0) is 11.3 Å². The molecule has 1 aliphatic heterocycles. The quantitative estimate of drug-likeness (QED) is 0.617. The molecule has 3 heterocycles. The molecule has 2 aromatic heterocycles. The Labute approximate surface area is 188 Å². The van der Waals surface area contributed by atoms with E-state index < -0.39 is 0 Å². The molecule has 1 fully saturated rings. The van der Waals surface area contributed by atoms with Gasteiger partial charge in [-0.25, -0.2) is 0 Å². The molecule has 0 aliphatic carbocycles. The second kappa shape index (κ2) is 9.38. The van der Waals surface area contributed by atoms with Crippen molar-refractivity contribution in [3.8, 4) is 11.3 Å². The van der Waals surface area contributed by atoms with E-state index in [0.29, 0.717) is 25.2 Å². The van der Waals surface area contributed by atoms with Crippen molar-refractivity contribution in [3.05, 3.63) is 53.5 Å². The van der Waals surface area contributed by atoms with Gasteiger partial charge >= 0.3 is 0 Å². The second-order valence-electron chi connectivity index (χ2n) is 8.41. The fraction of sp³-hybridized carbons (Fsp3) is 0.417. The van der Waals surface area contributed by atoms with Gasteiger partial charge in [0.25, 0.3) is 5.91 Å². The molecule has 0 bridgehead atoms. The van der Waals surface area contributed by atoms with Gasteiger partial charge in [0.1, 0.15) is 5.69 Å². The van der Waals surface area contributed by atoms with Crippen LogP contribution >= 0.6 is 0 Å². The van der Waals surface area contributed by atoms with Crippen molar-refractivity contribution in [2.24, 2.45) is 5.92 Å². The van der Waals surface area contributed by atoms with Crippen molar-refractivity contribution in [1.82, 2.24) is 24.9 Å². The molecule has 0 spiro atoms. The summed E-state index contributed by atoms with van der Waals surface area (Å²) in [7, 11) is 0. The van der Waals surface area contributed by atoms with Gasteiger partial charge in [0, 0.05) is 43.4 Å². The lowest BCUT2D eigenvalue weighted by molar-refractivity contribution is -0.117. The lowest BCUT2D eigenvalue weighted by Gasteiger charge is -2.31. The maximum absolute atomic E-state index is 13.1. The highest BCUT2D eigenvalue weighted by Gasteiger charge is 2.28. The standard InChI is InChI=1S/C24H30N6O2/c1-4-30-15-20(17(3)28-30)25-21(31)14-18-10-12-29(13-11-18)24(32)23-16(2)22(26-27-23)19-8-6-5-7-9-19/h5-9,15,18H,4,10-14H2,1-3H3,(H,25,31)(H,26,27). The van der Waals surface area contributed by atoms with Crippen molar-refractivity contribution >= 4 is 17.5 Å². The number of nitrogens with one attached hydrogen (secondary N) is 2. The third-order valence-corrected chi connectivity index (χ3v) is 6.19. The molecule has 0 unspecified atom stereocenters. The lowest BCUT2D eigenvalue weighted by Crippen LogP contribution is -2.39. The summed E-state index contributed by atoms with van der Waals surface area (Å²) >= 11 is 0. The van der Waals surface area contributed by atoms with Gasteiger partial charge in [-0.1, -0.05) is 30.3 Å². The first-order chi connectivity index (χ1) is 15.5. The van der Waals surface area contributed by atoms with E-state index in [-0.39, 0.29) is 17.7 Å².